The van der Waals surface area contributed by atoms with E-state index in [-0.39, 0.29) is 18.2 Å². The summed E-state index contributed by atoms with van der Waals surface area (Å²) >= 11 is 0. The second kappa shape index (κ2) is 4.57. The van der Waals surface area contributed by atoms with Crippen molar-refractivity contribution < 1.29 is 13.9 Å². The average molecular weight is 198 g/mol. The van der Waals surface area contributed by atoms with Gasteiger partial charge >= 0.3 is 0 Å². The molecule has 0 unspecified atom stereocenters. The van der Waals surface area contributed by atoms with Crippen LogP contribution in [-0.2, 0) is 9.53 Å². The highest BCUT2D eigenvalue weighted by Crippen LogP contribution is 2.18. The number of methoxy groups -OCH3 is 1. The predicted octanol–water partition coefficient (Wildman–Crippen LogP) is 0.993. The summed E-state index contributed by atoms with van der Waals surface area (Å²) in [7, 11) is 1.40. The largest absolute Gasteiger partial charge is 0.397 e. The second-order valence-electron chi connectivity index (χ2n) is 2.71. The van der Waals surface area contributed by atoms with Crippen LogP contribution in [0.2, 0.25) is 0 Å². The highest BCUT2D eigenvalue weighted by molar-refractivity contribution is 5.94. The van der Waals surface area contributed by atoms with Gasteiger partial charge < -0.3 is 15.8 Å². The summed E-state index contributed by atoms with van der Waals surface area (Å²) < 4.78 is 17.3. The van der Waals surface area contributed by atoms with E-state index in [1.54, 1.807) is 0 Å². The Balaban J connectivity index is 2.75. The molecule has 0 radical (unpaired) electrons. The first-order valence-electron chi connectivity index (χ1n) is 3.97. The van der Waals surface area contributed by atoms with Gasteiger partial charge in [-0.05, 0) is 18.2 Å². The van der Waals surface area contributed by atoms with Crippen LogP contribution in [0.1, 0.15) is 0 Å². The zero-order valence-corrected chi connectivity index (χ0v) is 7.71. The summed E-state index contributed by atoms with van der Waals surface area (Å²) in [5.74, 6) is -0.822. The Labute approximate surface area is 80.9 Å². The monoisotopic (exact) mass is 198 g/mol. The molecule has 1 aromatic carbocycles. The fraction of sp³-hybridized carbons (Fsp3) is 0.222. The molecule has 1 rings (SSSR count). The number of amides is 1. The Bertz CT molecular complexity index is 342. The molecule has 0 bridgehead atoms. The molecule has 0 aliphatic rings. The highest BCUT2D eigenvalue weighted by Gasteiger charge is 2.05. The van der Waals surface area contributed by atoms with Crippen molar-refractivity contribution in [1.29, 1.82) is 0 Å². The van der Waals surface area contributed by atoms with Crippen molar-refractivity contribution in [2.24, 2.45) is 0 Å². The molecule has 0 spiro atoms. The van der Waals surface area contributed by atoms with Gasteiger partial charge in [0.05, 0.1) is 11.4 Å². The molecule has 0 fully saturated rings. The van der Waals surface area contributed by atoms with Gasteiger partial charge in [0, 0.05) is 7.11 Å². The van der Waals surface area contributed by atoms with Crippen LogP contribution in [0.3, 0.4) is 0 Å². The van der Waals surface area contributed by atoms with Crippen molar-refractivity contribution in [3.05, 3.63) is 24.0 Å². The van der Waals surface area contributed by atoms with E-state index in [0.717, 1.165) is 6.07 Å². The van der Waals surface area contributed by atoms with E-state index in [4.69, 9.17) is 5.73 Å². The van der Waals surface area contributed by atoms with Crippen LogP contribution >= 0.6 is 0 Å². The van der Waals surface area contributed by atoms with Crippen LogP contribution in [0.15, 0.2) is 18.2 Å². The maximum atomic E-state index is 12.7. The zero-order chi connectivity index (χ0) is 10.6. The SMILES string of the molecule is COCC(=O)Nc1cc(F)ccc1N. The number of benzene rings is 1. The van der Waals surface area contributed by atoms with Crippen molar-refractivity contribution in [1.82, 2.24) is 0 Å². The van der Waals surface area contributed by atoms with Crippen molar-refractivity contribution in [2.45, 2.75) is 0 Å². The van der Waals surface area contributed by atoms with Crippen LogP contribution in [0.25, 0.3) is 0 Å². The first-order chi connectivity index (χ1) is 6.63. The molecule has 0 saturated carbocycles. The summed E-state index contributed by atoms with van der Waals surface area (Å²) in [6.07, 6.45) is 0. The number of rotatable bonds is 3. The smallest absolute Gasteiger partial charge is 0.250 e. The number of ether oxygens (including phenoxy) is 1. The third kappa shape index (κ3) is 2.70. The summed E-state index contributed by atoms with van der Waals surface area (Å²) in [5, 5.41) is 2.42. The normalized spacial score (nSPS) is 9.86. The first kappa shape index (κ1) is 10.5. The van der Waals surface area contributed by atoms with E-state index >= 15 is 0 Å². The van der Waals surface area contributed by atoms with E-state index in [1.165, 1.54) is 19.2 Å². The molecule has 1 aromatic rings. The lowest BCUT2D eigenvalue weighted by Gasteiger charge is -2.07. The minimum atomic E-state index is -0.452. The molecule has 0 aromatic heterocycles. The van der Waals surface area contributed by atoms with Gasteiger partial charge in [0.1, 0.15) is 12.4 Å². The second-order valence-corrected chi connectivity index (χ2v) is 2.71. The van der Waals surface area contributed by atoms with Gasteiger partial charge in [-0.15, -0.1) is 0 Å². The summed E-state index contributed by atoms with van der Waals surface area (Å²) in [5.41, 5.74) is 6.08. The van der Waals surface area contributed by atoms with Gasteiger partial charge in [0.25, 0.3) is 0 Å². The Kier molecular flexibility index (Phi) is 3.41. The molecular formula is C9H11FN2O2. The van der Waals surface area contributed by atoms with E-state index in [2.05, 4.69) is 10.1 Å². The quantitative estimate of drug-likeness (QED) is 0.712. The number of hydrogen-bond donors (Lipinski definition) is 2. The van der Waals surface area contributed by atoms with Crippen molar-refractivity contribution in [2.75, 3.05) is 24.8 Å². The van der Waals surface area contributed by atoms with E-state index < -0.39 is 5.82 Å². The zero-order valence-electron chi connectivity index (χ0n) is 7.71. The molecule has 5 heteroatoms. The fourth-order valence-electron chi connectivity index (χ4n) is 0.954. The molecule has 4 nitrogen and oxygen atoms in total. The van der Waals surface area contributed by atoms with Gasteiger partial charge in [-0.2, -0.15) is 0 Å². The van der Waals surface area contributed by atoms with Crippen LogP contribution in [0.4, 0.5) is 15.8 Å². The average Bonchev–Trinajstić information content (AvgIpc) is 2.12. The van der Waals surface area contributed by atoms with E-state index in [0.29, 0.717) is 5.69 Å². The lowest BCUT2D eigenvalue weighted by atomic mass is 10.2. The van der Waals surface area contributed by atoms with Gasteiger partial charge in [0.2, 0.25) is 5.91 Å². The lowest BCUT2D eigenvalue weighted by Crippen LogP contribution is -2.18. The Morgan fingerprint density at radius 1 is 1.64 bits per heavy atom. The lowest BCUT2D eigenvalue weighted by molar-refractivity contribution is -0.119. The number of carbonyl (C=O) groups is 1. The number of carbonyl (C=O) groups excluding carboxylic acids is 1. The molecular weight excluding hydrogens is 187 g/mol. The van der Waals surface area contributed by atoms with Crippen molar-refractivity contribution in [3.63, 3.8) is 0 Å². The van der Waals surface area contributed by atoms with Gasteiger partial charge in [-0.25, -0.2) is 4.39 Å². The van der Waals surface area contributed by atoms with Gasteiger partial charge in [-0.3, -0.25) is 4.79 Å². The molecule has 76 valence electrons. The Hall–Kier alpha value is -1.62. The maximum absolute atomic E-state index is 12.7. The molecule has 0 heterocycles. The topological polar surface area (TPSA) is 64.3 Å². The van der Waals surface area contributed by atoms with Crippen molar-refractivity contribution in [3.8, 4) is 0 Å². The number of nitrogens with two attached hydrogens (primary N) is 1. The minimum absolute atomic E-state index is 0.0873. The van der Waals surface area contributed by atoms with Crippen LogP contribution in [0, 0.1) is 5.82 Å². The third-order valence-corrected chi connectivity index (χ3v) is 1.56. The van der Waals surface area contributed by atoms with Crippen LogP contribution in [0.5, 0.6) is 0 Å². The number of anilines is 2. The maximum Gasteiger partial charge on any atom is 0.250 e. The summed E-state index contributed by atoms with van der Waals surface area (Å²) in [6, 6.07) is 3.77. The summed E-state index contributed by atoms with van der Waals surface area (Å²) in [4.78, 5) is 11.1. The van der Waals surface area contributed by atoms with Crippen molar-refractivity contribution >= 4 is 17.3 Å². The minimum Gasteiger partial charge on any atom is -0.397 e. The molecule has 1 amide bonds. The van der Waals surface area contributed by atoms with Gasteiger partial charge in [-0.1, -0.05) is 0 Å². The molecule has 0 saturated heterocycles. The predicted molar refractivity (Wildman–Crippen MR) is 51.3 cm³/mol. The molecule has 3 N–H and O–H groups in total. The molecule has 14 heavy (non-hydrogen) atoms. The Morgan fingerprint density at radius 3 is 3.00 bits per heavy atom. The Morgan fingerprint density at radius 2 is 2.36 bits per heavy atom. The number of nitrogen functional groups attached to an aromatic ring is 1. The van der Waals surface area contributed by atoms with Crippen LogP contribution in [-0.4, -0.2) is 19.6 Å². The van der Waals surface area contributed by atoms with Crippen LogP contribution < -0.4 is 11.1 Å². The number of halogens is 1. The molecule has 0 aliphatic carbocycles. The number of hydrogen-bond acceptors (Lipinski definition) is 3. The summed E-state index contributed by atoms with van der Waals surface area (Å²) in [6.45, 7) is -0.0873. The molecule has 0 aliphatic heterocycles. The first-order valence-corrected chi connectivity index (χ1v) is 3.97. The highest BCUT2D eigenvalue weighted by atomic mass is 19.1. The fourth-order valence-corrected chi connectivity index (χ4v) is 0.954. The molecule has 0 atom stereocenters. The number of nitrogens with one attached hydrogen (secondary N) is 1. The van der Waals surface area contributed by atoms with E-state index in [1.807, 2.05) is 0 Å². The third-order valence-electron chi connectivity index (χ3n) is 1.56. The standard InChI is InChI=1S/C9H11FN2O2/c1-14-5-9(13)12-8-4-6(10)2-3-7(8)11/h2-4H,5,11H2,1H3,(H,12,13). The van der Waals surface area contributed by atoms with Gasteiger partial charge in [0.15, 0.2) is 0 Å². The van der Waals surface area contributed by atoms with E-state index in [9.17, 15) is 9.18 Å².